The van der Waals surface area contributed by atoms with Crippen molar-refractivity contribution in [2.75, 3.05) is 6.61 Å². The molecule has 10 nitrogen and oxygen atoms in total. The van der Waals surface area contributed by atoms with Crippen molar-refractivity contribution in [1.82, 2.24) is 0 Å². The fourth-order valence-electron chi connectivity index (χ4n) is 3.04. The highest BCUT2D eigenvalue weighted by Crippen LogP contribution is 2.30. The van der Waals surface area contributed by atoms with Gasteiger partial charge in [0.1, 0.15) is 53.8 Å². The molecular formula is C20H22O10. The highest BCUT2D eigenvalue weighted by atomic mass is 16.7. The van der Waals surface area contributed by atoms with Gasteiger partial charge in [-0.15, -0.1) is 0 Å². The summed E-state index contributed by atoms with van der Waals surface area (Å²) in [5.41, 5.74) is 0.0685. The molecular weight excluding hydrogens is 400 g/mol. The highest BCUT2D eigenvalue weighted by Gasteiger charge is 2.44. The average Bonchev–Trinajstić information content (AvgIpc) is 2.73. The molecule has 1 fully saturated rings. The van der Waals surface area contributed by atoms with E-state index in [1.165, 1.54) is 18.2 Å². The molecule has 1 aliphatic heterocycles. The second-order valence-electron chi connectivity index (χ2n) is 6.67. The van der Waals surface area contributed by atoms with E-state index in [1.54, 1.807) is 24.3 Å². The maximum atomic E-state index is 11.4. The zero-order valence-electron chi connectivity index (χ0n) is 15.7. The van der Waals surface area contributed by atoms with Crippen LogP contribution in [0.25, 0.3) is 0 Å². The van der Waals surface area contributed by atoms with Gasteiger partial charge in [0.15, 0.2) is 0 Å². The van der Waals surface area contributed by atoms with E-state index in [4.69, 9.17) is 14.2 Å². The van der Waals surface area contributed by atoms with Gasteiger partial charge in [0.05, 0.1) is 6.61 Å². The quantitative estimate of drug-likeness (QED) is 0.353. The molecule has 0 spiro atoms. The maximum Gasteiger partial charge on any atom is 0.343 e. The van der Waals surface area contributed by atoms with Gasteiger partial charge in [-0.3, -0.25) is 0 Å². The van der Waals surface area contributed by atoms with E-state index >= 15 is 0 Å². The number of aromatic carboxylic acids is 1. The average molecular weight is 422 g/mol. The fourth-order valence-corrected chi connectivity index (χ4v) is 3.04. The lowest BCUT2D eigenvalue weighted by molar-refractivity contribution is -0.277. The Bertz CT molecular complexity index is 884. The Balaban J connectivity index is 1.77. The highest BCUT2D eigenvalue weighted by molar-refractivity contribution is 5.93. The lowest BCUT2D eigenvalue weighted by Gasteiger charge is -2.39. The number of aromatic hydroxyl groups is 1. The summed E-state index contributed by atoms with van der Waals surface area (Å²) < 4.78 is 16.5. The first-order valence-electron chi connectivity index (χ1n) is 9.06. The van der Waals surface area contributed by atoms with Crippen molar-refractivity contribution < 1.29 is 49.6 Å². The van der Waals surface area contributed by atoms with E-state index in [-0.39, 0.29) is 23.7 Å². The van der Waals surface area contributed by atoms with Crippen LogP contribution in [0.5, 0.6) is 17.2 Å². The Morgan fingerprint density at radius 2 is 1.67 bits per heavy atom. The molecule has 5 atom stereocenters. The fraction of sp³-hybridized carbons (Fsp3) is 0.350. The molecule has 0 saturated carbocycles. The number of benzene rings is 2. The maximum absolute atomic E-state index is 11.4. The third kappa shape index (κ3) is 4.48. The molecule has 3 rings (SSSR count). The summed E-state index contributed by atoms with van der Waals surface area (Å²) in [6.45, 7) is -0.734. The molecule has 1 aliphatic rings. The predicted octanol–water partition coefficient (Wildman–Crippen LogP) is -0.152. The first-order valence-corrected chi connectivity index (χ1v) is 9.06. The van der Waals surface area contributed by atoms with Crippen LogP contribution in [0.4, 0.5) is 0 Å². The van der Waals surface area contributed by atoms with Crippen LogP contribution in [-0.2, 0) is 11.3 Å². The van der Waals surface area contributed by atoms with Crippen LogP contribution in [0.1, 0.15) is 15.9 Å². The number of carboxylic acids is 1. The van der Waals surface area contributed by atoms with E-state index in [2.05, 4.69) is 0 Å². The van der Waals surface area contributed by atoms with Crippen LogP contribution in [0.3, 0.4) is 0 Å². The minimum absolute atomic E-state index is 0.0508. The van der Waals surface area contributed by atoms with Crippen molar-refractivity contribution in [3.05, 3.63) is 53.6 Å². The summed E-state index contributed by atoms with van der Waals surface area (Å²) in [5, 5.41) is 58.2. The lowest BCUT2D eigenvalue weighted by atomic mass is 9.99. The molecule has 0 amide bonds. The van der Waals surface area contributed by atoms with E-state index in [9.17, 15) is 35.4 Å². The molecule has 0 aliphatic carbocycles. The number of hydrogen-bond donors (Lipinski definition) is 6. The second-order valence-corrected chi connectivity index (χ2v) is 6.67. The van der Waals surface area contributed by atoms with Crippen LogP contribution in [0, 0.1) is 0 Å². The van der Waals surface area contributed by atoms with Gasteiger partial charge in [0, 0.05) is 5.56 Å². The normalized spacial score (nSPS) is 26.2. The SMILES string of the molecule is O=C(O)c1c(O)cccc1OCc1ccccc1O[C@@H]1O[C@H](CO)[C@@H](O)[C@H](O)[C@H]1O. The molecule has 0 aromatic heterocycles. The topological polar surface area (TPSA) is 166 Å². The number of phenols is 1. The van der Waals surface area contributed by atoms with Gasteiger partial charge in [-0.05, 0) is 18.2 Å². The Hall–Kier alpha value is -2.89. The zero-order valence-corrected chi connectivity index (χ0v) is 15.7. The van der Waals surface area contributed by atoms with Crippen LogP contribution in [0.2, 0.25) is 0 Å². The number of rotatable bonds is 7. The van der Waals surface area contributed by atoms with Gasteiger partial charge in [-0.25, -0.2) is 4.79 Å². The van der Waals surface area contributed by atoms with Crippen molar-refractivity contribution in [3.8, 4) is 17.2 Å². The molecule has 0 radical (unpaired) electrons. The minimum Gasteiger partial charge on any atom is -0.507 e. The van der Waals surface area contributed by atoms with Crippen molar-refractivity contribution >= 4 is 5.97 Å². The monoisotopic (exact) mass is 422 g/mol. The van der Waals surface area contributed by atoms with Crippen LogP contribution in [0.15, 0.2) is 42.5 Å². The third-order valence-corrected chi connectivity index (χ3v) is 4.67. The van der Waals surface area contributed by atoms with E-state index in [0.29, 0.717) is 5.56 Å². The number of aliphatic hydroxyl groups is 4. The van der Waals surface area contributed by atoms with Crippen LogP contribution < -0.4 is 9.47 Å². The third-order valence-electron chi connectivity index (χ3n) is 4.67. The van der Waals surface area contributed by atoms with Gasteiger partial charge < -0.3 is 44.8 Å². The summed E-state index contributed by atoms with van der Waals surface area (Å²) in [5.74, 6) is -1.64. The van der Waals surface area contributed by atoms with Gasteiger partial charge in [0.25, 0.3) is 0 Å². The van der Waals surface area contributed by atoms with E-state index in [0.717, 1.165) is 0 Å². The Morgan fingerprint density at radius 1 is 0.967 bits per heavy atom. The molecule has 6 N–H and O–H groups in total. The van der Waals surface area contributed by atoms with Gasteiger partial charge in [0.2, 0.25) is 6.29 Å². The minimum atomic E-state index is -1.59. The summed E-state index contributed by atoms with van der Waals surface area (Å²) >= 11 is 0. The molecule has 30 heavy (non-hydrogen) atoms. The number of carbonyl (C=O) groups is 1. The van der Waals surface area contributed by atoms with Crippen LogP contribution >= 0.6 is 0 Å². The molecule has 10 heteroatoms. The van der Waals surface area contributed by atoms with E-state index in [1.807, 2.05) is 0 Å². The molecule has 1 heterocycles. The zero-order chi connectivity index (χ0) is 21.8. The van der Waals surface area contributed by atoms with Crippen molar-refractivity contribution in [1.29, 1.82) is 0 Å². The Labute approximate surface area is 171 Å². The van der Waals surface area contributed by atoms with E-state index < -0.39 is 49.0 Å². The smallest absolute Gasteiger partial charge is 0.343 e. The predicted molar refractivity (Wildman–Crippen MR) is 100 cm³/mol. The van der Waals surface area contributed by atoms with Gasteiger partial charge >= 0.3 is 5.97 Å². The van der Waals surface area contributed by atoms with Crippen LogP contribution in [-0.4, -0.2) is 73.9 Å². The number of ether oxygens (including phenoxy) is 3. The van der Waals surface area contributed by atoms with Crippen molar-refractivity contribution in [3.63, 3.8) is 0 Å². The standard InChI is InChI=1S/C20H22O10/c21-8-14-16(23)17(24)18(25)20(30-14)29-12-6-2-1-4-10(12)9-28-13-7-3-5-11(22)15(13)19(26)27/h1-7,14,16-18,20-25H,8-9H2,(H,26,27)/t14-,16-,17+,18-,20-/m1/s1. The van der Waals surface area contributed by atoms with Crippen molar-refractivity contribution in [2.24, 2.45) is 0 Å². The molecule has 162 valence electrons. The summed E-state index contributed by atoms with van der Waals surface area (Å²) in [4.78, 5) is 11.4. The lowest BCUT2D eigenvalue weighted by Crippen LogP contribution is -2.60. The molecule has 0 unspecified atom stereocenters. The van der Waals surface area contributed by atoms with Gasteiger partial charge in [-0.1, -0.05) is 24.3 Å². The Morgan fingerprint density at radius 3 is 2.37 bits per heavy atom. The molecule has 1 saturated heterocycles. The first-order chi connectivity index (χ1) is 14.3. The summed E-state index contributed by atoms with van der Waals surface area (Å²) in [6, 6.07) is 10.5. The summed E-state index contributed by atoms with van der Waals surface area (Å²) in [7, 11) is 0. The van der Waals surface area contributed by atoms with Crippen molar-refractivity contribution in [2.45, 2.75) is 37.3 Å². The van der Waals surface area contributed by atoms with Gasteiger partial charge in [-0.2, -0.15) is 0 Å². The summed E-state index contributed by atoms with van der Waals surface area (Å²) in [6.07, 6.45) is -7.18. The number of carboxylic acid groups (broad SMARTS) is 1. The molecule has 2 aromatic rings. The molecule has 2 aromatic carbocycles. The second kappa shape index (κ2) is 9.28. The largest absolute Gasteiger partial charge is 0.507 e. The molecule has 0 bridgehead atoms. The first kappa shape index (κ1) is 21.8. The number of hydrogen-bond acceptors (Lipinski definition) is 9. The Kier molecular flexibility index (Phi) is 6.75. The number of aliphatic hydroxyl groups excluding tert-OH is 4. The number of para-hydroxylation sites is 1.